The van der Waals surface area contributed by atoms with Crippen LogP contribution in [0.15, 0.2) is 109 Å². The first kappa shape index (κ1) is 44.8. The van der Waals surface area contributed by atoms with Crippen LogP contribution in [-0.2, 0) is 18.4 Å². The molecule has 0 radical (unpaired) electrons. The van der Waals surface area contributed by atoms with Crippen molar-refractivity contribution in [3.63, 3.8) is 0 Å². The predicted octanol–water partition coefficient (Wildman–Crippen LogP) is 8.40. The normalized spacial score (nSPS) is 15.4. The summed E-state index contributed by atoms with van der Waals surface area (Å²) in [5.41, 5.74) is 0. The maximum atomic E-state index is 12.5. The first-order valence-electron chi connectivity index (χ1n) is 19.2. The van der Waals surface area contributed by atoms with Gasteiger partial charge in [0.1, 0.15) is 0 Å². The number of carbonyl (C=O) groups excluding carboxylic acids is 1. The molecule has 9 heteroatoms. The maximum absolute atomic E-state index is 12.5. The quantitative estimate of drug-likeness (QED) is 0.0535. The van der Waals surface area contributed by atoms with E-state index in [0.717, 1.165) is 16.3 Å². The average Bonchev–Trinajstić information content (AvgIpc) is 3.12. The van der Waals surface area contributed by atoms with Gasteiger partial charge in [-0.25, -0.2) is 0 Å². The summed E-state index contributed by atoms with van der Waals surface area (Å²) in [4.78, 5) is 17.1. The molecule has 0 saturated carbocycles. The van der Waals surface area contributed by atoms with E-state index in [1.807, 2.05) is 31.3 Å². The van der Waals surface area contributed by atoms with E-state index in [9.17, 15) is 9.90 Å². The van der Waals surface area contributed by atoms with Crippen LogP contribution < -0.4 is 15.0 Å². The molecule has 0 bridgehead atoms. The number of pyridine rings is 1. The van der Waals surface area contributed by atoms with Crippen LogP contribution >= 0.6 is 0 Å². The molecule has 0 aliphatic rings. The summed E-state index contributed by atoms with van der Waals surface area (Å²) >= 11 is 0.0507. The number of hydrogen-bond donors (Lipinski definition) is 1. The summed E-state index contributed by atoms with van der Waals surface area (Å²) in [5, 5.41) is 15.3. The van der Waals surface area contributed by atoms with Crippen LogP contribution in [0.25, 0.3) is 0 Å². The molecule has 0 amide bonds. The third kappa shape index (κ3) is 13.3. The molecule has 0 aliphatic heterocycles. The van der Waals surface area contributed by atoms with Crippen molar-refractivity contribution in [3.05, 3.63) is 109 Å². The number of allylic oxidation sites excluding steroid dienone is 1. The minimum absolute atomic E-state index is 0.0205. The number of benzene rings is 2. The second-order valence-corrected chi connectivity index (χ2v) is 27.5. The number of hydrogen-bond acceptors (Lipinski definition) is 6. The van der Waals surface area contributed by atoms with Crippen LogP contribution in [-0.4, -0.2) is 72.6 Å². The Kier molecular flexibility index (Phi) is 17.6. The average molecular weight is 823 g/mol. The number of aliphatic hydroxyl groups is 1. The number of carbonyl (C=O) groups is 1. The zero-order chi connectivity index (χ0) is 39.1. The summed E-state index contributed by atoms with van der Waals surface area (Å²) in [7, 11) is -5.03. The van der Waals surface area contributed by atoms with Gasteiger partial charge in [0.25, 0.3) is 0 Å². The molecular formula is C44H65NO5SeSi2. The van der Waals surface area contributed by atoms with Gasteiger partial charge in [0.05, 0.1) is 0 Å². The van der Waals surface area contributed by atoms with Crippen LogP contribution in [0.1, 0.15) is 81.1 Å². The predicted molar refractivity (Wildman–Crippen MR) is 228 cm³/mol. The van der Waals surface area contributed by atoms with Crippen molar-refractivity contribution in [1.82, 2.24) is 4.98 Å². The monoisotopic (exact) mass is 823 g/mol. The van der Waals surface area contributed by atoms with Crippen LogP contribution in [0, 0.1) is 5.92 Å². The molecule has 3 rings (SSSR count). The summed E-state index contributed by atoms with van der Waals surface area (Å²) in [6.07, 6.45) is 11.1. The van der Waals surface area contributed by atoms with Crippen LogP contribution in [0.5, 0.6) is 0 Å². The Bertz CT molecular complexity index is 1520. The Balaban J connectivity index is 1.98. The molecule has 2 aromatic carbocycles. The molecule has 1 heterocycles. The molecule has 0 aliphatic carbocycles. The van der Waals surface area contributed by atoms with E-state index in [1.165, 1.54) is 16.4 Å². The SMILES string of the molecule is C/C=C/C[C@H](CC[C@H](O)[C@H](C[Se]c1ccccn1)C[C@H](/C=C/C(=O)OCC)O[Si](C)(C)C(C)(C)C)O[Si](c1ccccc1)(c1ccccc1)C(C)(C)C. The van der Waals surface area contributed by atoms with Gasteiger partial charge in [-0.15, -0.1) is 0 Å². The number of ether oxygens (including phenoxy) is 1. The van der Waals surface area contributed by atoms with Crippen molar-refractivity contribution in [2.75, 3.05) is 6.61 Å². The van der Waals surface area contributed by atoms with Gasteiger partial charge in [0, 0.05) is 0 Å². The molecule has 0 unspecified atom stereocenters. The number of aromatic nitrogens is 1. The molecule has 4 atom stereocenters. The summed E-state index contributed by atoms with van der Waals surface area (Å²) in [6, 6.07) is 27.6. The Hall–Kier alpha value is -2.63. The zero-order valence-electron chi connectivity index (χ0n) is 33.9. The third-order valence-corrected chi connectivity index (χ3v) is 22.3. The van der Waals surface area contributed by atoms with Gasteiger partial charge < -0.3 is 0 Å². The second kappa shape index (κ2) is 20.9. The molecule has 0 fully saturated rings. The van der Waals surface area contributed by atoms with Crippen molar-refractivity contribution >= 4 is 52.5 Å². The molecule has 53 heavy (non-hydrogen) atoms. The van der Waals surface area contributed by atoms with E-state index >= 15 is 0 Å². The van der Waals surface area contributed by atoms with E-state index < -0.39 is 22.7 Å². The van der Waals surface area contributed by atoms with Gasteiger partial charge in [-0.1, -0.05) is 0 Å². The molecule has 1 N–H and O–H groups in total. The van der Waals surface area contributed by atoms with E-state index in [2.05, 4.69) is 145 Å². The first-order chi connectivity index (χ1) is 25.0. The Morgan fingerprint density at radius 2 is 1.47 bits per heavy atom. The number of nitrogens with zero attached hydrogens (tertiary/aromatic N) is 1. The van der Waals surface area contributed by atoms with Crippen molar-refractivity contribution in [3.8, 4) is 0 Å². The van der Waals surface area contributed by atoms with Gasteiger partial charge >= 0.3 is 331 Å². The van der Waals surface area contributed by atoms with E-state index in [4.69, 9.17) is 13.6 Å². The summed E-state index contributed by atoms with van der Waals surface area (Å²) in [5.74, 6) is -0.452. The fourth-order valence-electron chi connectivity index (χ4n) is 6.40. The number of aliphatic hydroxyl groups excluding tert-OH is 1. The van der Waals surface area contributed by atoms with Gasteiger partial charge in [-0.2, -0.15) is 0 Å². The van der Waals surface area contributed by atoms with Crippen LogP contribution in [0.2, 0.25) is 28.5 Å². The molecule has 290 valence electrons. The van der Waals surface area contributed by atoms with Crippen LogP contribution in [0.3, 0.4) is 0 Å². The Labute approximate surface area is 329 Å². The first-order valence-corrected chi connectivity index (χ1v) is 26.1. The number of rotatable bonds is 20. The van der Waals surface area contributed by atoms with E-state index in [1.54, 1.807) is 0 Å². The molecule has 1 aromatic heterocycles. The zero-order valence-corrected chi connectivity index (χ0v) is 37.6. The van der Waals surface area contributed by atoms with Crippen molar-refractivity contribution in [2.45, 2.75) is 128 Å². The summed E-state index contributed by atoms with van der Waals surface area (Å²) in [6.45, 7) is 22.2. The van der Waals surface area contributed by atoms with Gasteiger partial charge in [0.15, 0.2) is 0 Å². The molecule has 0 spiro atoms. The Morgan fingerprint density at radius 3 is 1.98 bits per heavy atom. The van der Waals surface area contributed by atoms with E-state index in [0.29, 0.717) is 25.9 Å². The van der Waals surface area contributed by atoms with Gasteiger partial charge in [-0.3, -0.25) is 0 Å². The van der Waals surface area contributed by atoms with Crippen LogP contribution in [0.4, 0.5) is 0 Å². The fourth-order valence-corrected chi connectivity index (χ4v) is 14.6. The standard InChI is InChI=1S/C44H65NO5SeSi2/c1-11-13-22-36(50-53(44(6,7)8,38-23-16-14-17-24-38)39-25-18-15-19-26-39)28-30-40(46)35(34-51-41-27-20-21-32-45-41)33-37(29-31-42(47)48-12-2)49-52(9,10)43(3,4)5/h11,13-21,23-27,29,31-32,35-37,40,46H,12,22,28,30,33-34H2,1-10H3/b13-11+,31-29+/t35-,36+,37-,40-/m0/s1. The number of esters is 1. The Morgan fingerprint density at radius 1 is 0.868 bits per heavy atom. The third-order valence-electron chi connectivity index (χ3n) is 10.3. The molecular weight excluding hydrogens is 758 g/mol. The topological polar surface area (TPSA) is 77.9 Å². The van der Waals surface area contributed by atoms with Crippen molar-refractivity contribution in [1.29, 1.82) is 0 Å². The molecule has 3 aromatic rings. The van der Waals surface area contributed by atoms with E-state index in [-0.39, 0.29) is 49.1 Å². The van der Waals surface area contributed by atoms with Gasteiger partial charge in [-0.05, 0) is 0 Å². The van der Waals surface area contributed by atoms with Gasteiger partial charge in [0.2, 0.25) is 0 Å². The minimum atomic E-state index is -2.81. The fraction of sp³-hybridized carbons (Fsp3) is 0.500. The molecule has 6 nitrogen and oxygen atoms in total. The second-order valence-electron chi connectivity index (χ2n) is 16.4. The molecule has 0 saturated heterocycles. The summed E-state index contributed by atoms with van der Waals surface area (Å²) < 4.78 is 20.8. The van der Waals surface area contributed by atoms with Crippen molar-refractivity contribution in [2.24, 2.45) is 5.92 Å². The van der Waals surface area contributed by atoms with Crippen molar-refractivity contribution < 1.29 is 23.5 Å².